The average molecular weight is 247 g/mol. The Hall–Kier alpha value is -2.01. The van der Waals surface area contributed by atoms with E-state index >= 15 is 0 Å². The molecular weight excluding hydrogens is 230 g/mol. The lowest BCUT2D eigenvalue weighted by molar-refractivity contribution is 0.311. The van der Waals surface area contributed by atoms with Crippen molar-refractivity contribution in [3.8, 4) is 11.4 Å². The Bertz CT molecular complexity index is 523. The van der Waals surface area contributed by atoms with Gasteiger partial charge in [-0.05, 0) is 19.1 Å². The number of benzene rings is 1. The molecule has 0 saturated heterocycles. The third-order valence-corrected chi connectivity index (χ3v) is 2.64. The fourth-order valence-corrected chi connectivity index (χ4v) is 1.71. The molecule has 0 fully saturated rings. The number of ether oxygens (including phenoxy) is 1. The van der Waals surface area contributed by atoms with Crippen molar-refractivity contribution in [3.63, 3.8) is 0 Å². The van der Waals surface area contributed by atoms with Crippen LogP contribution in [0.15, 0.2) is 30.5 Å². The molecule has 0 bridgehead atoms. The first-order chi connectivity index (χ1) is 8.74. The highest BCUT2D eigenvalue weighted by Crippen LogP contribution is 2.19. The van der Waals surface area contributed by atoms with Gasteiger partial charge in [-0.2, -0.15) is 5.10 Å². The van der Waals surface area contributed by atoms with Crippen molar-refractivity contribution in [2.75, 3.05) is 25.6 Å². The van der Waals surface area contributed by atoms with Gasteiger partial charge in [-0.15, -0.1) is 0 Å². The van der Waals surface area contributed by atoms with E-state index in [0.717, 1.165) is 22.8 Å². The van der Waals surface area contributed by atoms with Gasteiger partial charge in [-0.1, -0.05) is 6.07 Å². The van der Waals surface area contributed by atoms with Gasteiger partial charge >= 0.3 is 0 Å². The molecule has 1 aromatic heterocycles. The molecule has 0 spiro atoms. The molecule has 0 amide bonds. The number of aryl methyl sites for hydroxylation is 1. The number of nitrogens with one attached hydrogen (secondary N) is 1. The zero-order chi connectivity index (χ0) is 13.0. The van der Waals surface area contributed by atoms with Crippen LogP contribution in [0.3, 0.4) is 0 Å². The molecule has 0 aliphatic rings. The SMILES string of the molecule is COc1cccc(-n2cc(NCCO)c(C)n2)c1. The summed E-state index contributed by atoms with van der Waals surface area (Å²) in [5.41, 5.74) is 2.76. The van der Waals surface area contributed by atoms with Gasteiger partial charge in [0.05, 0.1) is 37.0 Å². The average Bonchev–Trinajstić information content (AvgIpc) is 2.78. The molecule has 0 unspecified atom stereocenters. The number of hydrogen-bond acceptors (Lipinski definition) is 4. The summed E-state index contributed by atoms with van der Waals surface area (Å²) in [5.74, 6) is 0.797. The van der Waals surface area contributed by atoms with Gasteiger partial charge < -0.3 is 15.2 Å². The number of aliphatic hydroxyl groups excluding tert-OH is 1. The summed E-state index contributed by atoms with van der Waals surface area (Å²) in [5, 5.41) is 16.3. The van der Waals surface area contributed by atoms with Crippen LogP contribution < -0.4 is 10.1 Å². The molecule has 0 atom stereocenters. The molecular formula is C13H17N3O2. The van der Waals surface area contributed by atoms with Crippen LogP contribution in [0.5, 0.6) is 5.75 Å². The van der Waals surface area contributed by atoms with Crippen LogP contribution in [0.4, 0.5) is 5.69 Å². The molecule has 18 heavy (non-hydrogen) atoms. The minimum absolute atomic E-state index is 0.101. The van der Waals surface area contributed by atoms with Crippen LogP contribution in [0.2, 0.25) is 0 Å². The summed E-state index contributed by atoms with van der Waals surface area (Å²) in [4.78, 5) is 0. The van der Waals surface area contributed by atoms with E-state index in [1.807, 2.05) is 37.4 Å². The van der Waals surface area contributed by atoms with Crippen LogP contribution >= 0.6 is 0 Å². The van der Waals surface area contributed by atoms with E-state index in [1.165, 1.54) is 0 Å². The minimum Gasteiger partial charge on any atom is -0.497 e. The van der Waals surface area contributed by atoms with Gasteiger partial charge in [0.15, 0.2) is 0 Å². The molecule has 1 aromatic carbocycles. The van der Waals surface area contributed by atoms with Gasteiger partial charge in [0.2, 0.25) is 0 Å². The molecule has 2 N–H and O–H groups in total. The smallest absolute Gasteiger partial charge is 0.121 e. The lowest BCUT2D eigenvalue weighted by atomic mass is 10.3. The van der Waals surface area contributed by atoms with Crippen molar-refractivity contribution in [2.24, 2.45) is 0 Å². The van der Waals surface area contributed by atoms with Crippen molar-refractivity contribution in [1.82, 2.24) is 9.78 Å². The zero-order valence-electron chi connectivity index (χ0n) is 10.6. The monoisotopic (exact) mass is 247 g/mol. The second-order valence-corrected chi connectivity index (χ2v) is 3.92. The highest BCUT2D eigenvalue weighted by Gasteiger charge is 2.06. The number of hydrogen-bond donors (Lipinski definition) is 2. The standard InChI is InChI=1S/C13H17N3O2/c1-10-13(14-6-7-17)9-16(15-10)11-4-3-5-12(8-11)18-2/h3-5,8-9,14,17H,6-7H2,1-2H3. The molecule has 2 aromatic rings. The Labute approximate surface area is 106 Å². The Balaban J connectivity index is 2.27. The van der Waals surface area contributed by atoms with Crippen LogP contribution in [-0.4, -0.2) is 35.1 Å². The number of methoxy groups -OCH3 is 1. The Morgan fingerprint density at radius 1 is 1.44 bits per heavy atom. The summed E-state index contributed by atoms with van der Waals surface area (Å²) < 4.78 is 6.98. The number of anilines is 1. The normalized spacial score (nSPS) is 10.4. The molecule has 2 rings (SSSR count). The maximum atomic E-state index is 8.80. The minimum atomic E-state index is 0.101. The van der Waals surface area contributed by atoms with E-state index in [2.05, 4.69) is 10.4 Å². The molecule has 0 aliphatic heterocycles. The maximum Gasteiger partial charge on any atom is 0.121 e. The first-order valence-corrected chi connectivity index (χ1v) is 5.80. The Kier molecular flexibility index (Phi) is 3.84. The van der Waals surface area contributed by atoms with Crippen LogP contribution in [0.25, 0.3) is 5.69 Å². The van der Waals surface area contributed by atoms with E-state index in [-0.39, 0.29) is 6.61 Å². The summed E-state index contributed by atoms with van der Waals surface area (Å²) >= 11 is 0. The van der Waals surface area contributed by atoms with E-state index in [0.29, 0.717) is 6.54 Å². The number of aromatic nitrogens is 2. The molecule has 5 heteroatoms. The fourth-order valence-electron chi connectivity index (χ4n) is 1.71. The van der Waals surface area contributed by atoms with Crippen LogP contribution in [-0.2, 0) is 0 Å². The first-order valence-electron chi connectivity index (χ1n) is 5.80. The predicted molar refractivity (Wildman–Crippen MR) is 70.4 cm³/mol. The number of rotatable bonds is 5. The second-order valence-electron chi connectivity index (χ2n) is 3.92. The van der Waals surface area contributed by atoms with Gasteiger partial charge in [0.1, 0.15) is 5.75 Å². The summed E-state index contributed by atoms with van der Waals surface area (Å²) in [7, 11) is 1.64. The van der Waals surface area contributed by atoms with Gasteiger partial charge in [-0.25, -0.2) is 4.68 Å². The zero-order valence-corrected chi connectivity index (χ0v) is 10.6. The molecule has 1 heterocycles. The molecule has 0 aliphatic carbocycles. The van der Waals surface area contributed by atoms with Crippen molar-refractivity contribution in [2.45, 2.75) is 6.92 Å². The third-order valence-electron chi connectivity index (χ3n) is 2.64. The van der Waals surface area contributed by atoms with E-state index < -0.39 is 0 Å². The van der Waals surface area contributed by atoms with Crippen LogP contribution in [0, 0.1) is 6.92 Å². The lowest BCUT2D eigenvalue weighted by Gasteiger charge is -2.04. The van der Waals surface area contributed by atoms with E-state index in [4.69, 9.17) is 9.84 Å². The Morgan fingerprint density at radius 2 is 2.28 bits per heavy atom. The van der Waals surface area contributed by atoms with Crippen molar-refractivity contribution in [3.05, 3.63) is 36.2 Å². The predicted octanol–water partition coefficient (Wildman–Crippen LogP) is 1.59. The highest BCUT2D eigenvalue weighted by molar-refractivity contribution is 5.49. The van der Waals surface area contributed by atoms with E-state index in [9.17, 15) is 0 Å². The van der Waals surface area contributed by atoms with Gasteiger partial charge in [0, 0.05) is 12.6 Å². The molecule has 0 saturated carbocycles. The van der Waals surface area contributed by atoms with Crippen LogP contribution in [0.1, 0.15) is 5.69 Å². The highest BCUT2D eigenvalue weighted by atomic mass is 16.5. The lowest BCUT2D eigenvalue weighted by Crippen LogP contribution is -2.05. The van der Waals surface area contributed by atoms with Crippen molar-refractivity contribution < 1.29 is 9.84 Å². The van der Waals surface area contributed by atoms with Gasteiger partial charge in [0.25, 0.3) is 0 Å². The number of nitrogens with zero attached hydrogens (tertiary/aromatic N) is 2. The summed E-state index contributed by atoms with van der Waals surface area (Å²) in [6.45, 7) is 2.55. The topological polar surface area (TPSA) is 59.3 Å². The van der Waals surface area contributed by atoms with Crippen molar-refractivity contribution >= 4 is 5.69 Å². The van der Waals surface area contributed by atoms with Gasteiger partial charge in [-0.3, -0.25) is 0 Å². The largest absolute Gasteiger partial charge is 0.497 e. The number of aliphatic hydroxyl groups is 1. The quantitative estimate of drug-likeness (QED) is 0.842. The summed E-state index contributed by atoms with van der Waals surface area (Å²) in [6.07, 6.45) is 1.90. The molecule has 0 radical (unpaired) electrons. The van der Waals surface area contributed by atoms with Crippen molar-refractivity contribution in [1.29, 1.82) is 0 Å². The van der Waals surface area contributed by atoms with E-state index in [1.54, 1.807) is 11.8 Å². The maximum absolute atomic E-state index is 8.80. The third kappa shape index (κ3) is 2.62. The molecule has 96 valence electrons. The summed E-state index contributed by atoms with van der Waals surface area (Å²) in [6, 6.07) is 7.70. The fraction of sp³-hybridized carbons (Fsp3) is 0.308. The Morgan fingerprint density at radius 3 is 3.00 bits per heavy atom. The second kappa shape index (κ2) is 5.55. The first kappa shape index (κ1) is 12.4. The molecule has 5 nitrogen and oxygen atoms in total.